The van der Waals surface area contributed by atoms with Crippen molar-refractivity contribution >= 4 is 11.9 Å². The van der Waals surface area contributed by atoms with Crippen molar-refractivity contribution in [2.24, 2.45) is 5.41 Å². The van der Waals surface area contributed by atoms with Crippen LogP contribution in [0.1, 0.15) is 18.4 Å². The number of carbonyl (C=O) groups is 2. The molecule has 2 heterocycles. The third-order valence-electron chi connectivity index (χ3n) is 4.44. The molecule has 0 saturated carbocycles. The lowest BCUT2D eigenvalue weighted by molar-refractivity contribution is -0.192. The molecule has 0 aromatic heterocycles. The van der Waals surface area contributed by atoms with Crippen molar-refractivity contribution in [1.29, 1.82) is 0 Å². The van der Waals surface area contributed by atoms with Gasteiger partial charge in [-0.15, -0.1) is 0 Å². The van der Waals surface area contributed by atoms with Gasteiger partial charge < -0.3 is 15.3 Å². The molecule has 0 bridgehead atoms. The maximum Gasteiger partial charge on any atom is 0.490 e. The minimum Gasteiger partial charge on any atom is -0.475 e. The van der Waals surface area contributed by atoms with Gasteiger partial charge in [-0.2, -0.15) is 13.2 Å². The molecule has 8 heteroatoms. The number of carboxylic acids is 1. The molecule has 1 spiro atoms. The number of amides is 1. The Morgan fingerprint density at radius 1 is 1.12 bits per heavy atom. The summed E-state index contributed by atoms with van der Waals surface area (Å²) in [6.45, 7) is 3.93. The fraction of sp³-hybridized carbons (Fsp3) is 0.444. The molecular weight excluding hydrogens is 349 g/mol. The zero-order chi connectivity index (χ0) is 19.2. The molecule has 3 rings (SSSR count). The van der Waals surface area contributed by atoms with Crippen molar-refractivity contribution in [2.45, 2.75) is 19.0 Å². The lowest BCUT2D eigenvalue weighted by Crippen LogP contribution is -2.58. The molecule has 1 aromatic carbocycles. The zero-order valence-corrected chi connectivity index (χ0v) is 14.0. The standard InChI is InChI=1S/C16H18N2O.C2HF3O2/c19-15(7-6-14-4-2-1-3-5-14)18-10-8-16(9-11-18)12-17-13-16;3-2(4,5)1(6)7/h1-5,17H,8-13H2;(H,6,7). The summed E-state index contributed by atoms with van der Waals surface area (Å²) in [4.78, 5) is 22.8. The van der Waals surface area contributed by atoms with Crippen molar-refractivity contribution in [1.82, 2.24) is 10.2 Å². The molecule has 140 valence electrons. The van der Waals surface area contributed by atoms with Crippen molar-refractivity contribution in [3.05, 3.63) is 35.9 Å². The Balaban J connectivity index is 0.000000298. The highest BCUT2D eigenvalue weighted by atomic mass is 19.4. The lowest BCUT2D eigenvalue weighted by atomic mass is 9.73. The topological polar surface area (TPSA) is 69.6 Å². The number of carboxylic acid groups (broad SMARTS) is 1. The van der Waals surface area contributed by atoms with Crippen molar-refractivity contribution in [2.75, 3.05) is 26.2 Å². The number of piperidine rings is 1. The Kier molecular flexibility index (Phi) is 6.27. The minimum atomic E-state index is -5.08. The second-order valence-corrected chi connectivity index (χ2v) is 6.31. The number of rotatable bonds is 0. The maximum atomic E-state index is 12.0. The van der Waals surface area contributed by atoms with Gasteiger partial charge in [0, 0.05) is 37.7 Å². The number of nitrogens with one attached hydrogen (secondary N) is 1. The fourth-order valence-electron chi connectivity index (χ4n) is 2.74. The average Bonchev–Trinajstić information content (AvgIpc) is 2.59. The van der Waals surface area contributed by atoms with Gasteiger partial charge in [-0.3, -0.25) is 4.79 Å². The van der Waals surface area contributed by atoms with E-state index in [2.05, 4.69) is 17.2 Å². The van der Waals surface area contributed by atoms with Gasteiger partial charge in [-0.05, 0) is 30.4 Å². The first kappa shape index (κ1) is 19.8. The van der Waals surface area contributed by atoms with Gasteiger partial charge in [-0.1, -0.05) is 24.1 Å². The van der Waals surface area contributed by atoms with E-state index in [9.17, 15) is 18.0 Å². The molecule has 0 atom stereocenters. The molecule has 0 unspecified atom stereocenters. The summed E-state index contributed by atoms with van der Waals surface area (Å²) >= 11 is 0. The number of hydrogen-bond acceptors (Lipinski definition) is 3. The number of halogens is 3. The first-order valence-corrected chi connectivity index (χ1v) is 8.09. The summed E-state index contributed by atoms with van der Waals surface area (Å²) in [6.07, 6.45) is -2.86. The van der Waals surface area contributed by atoms with Crippen molar-refractivity contribution in [3.8, 4) is 11.8 Å². The first-order valence-electron chi connectivity index (χ1n) is 8.09. The molecule has 0 aliphatic carbocycles. The van der Waals surface area contributed by atoms with Crippen molar-refractivity contribution in [3.63, 3.8) is 0 Å². The van der Waals surface area contributed by atoms with Crippen LogP contribution in [0.5, 0.6) is 0 Å². The first-order chi connectivity index (χ1) is 12.2. The third-order valence-corrected chi connectivity index (χ3v) is 4.44. The Morgan fingerprint density at radius 2 is 1.65 bits per heavy atom. The number of hydrogen-bond donors (Lipinski definition) is 2. The Hall–Kier alpha value is -2.53. The molecule has 26 heavy (non-hydrogen) atoms. The van der Waals surface area contributed by atoms with E-state index in [1.807, 2.05) is 35.2 Å². The molecule has 5 nitrogen and oxygen atoms in total. The summed E-state index contributed by atoms with van der Waals surface area (Å²) in [5, 5.41) is 10.5. The summed E-state index contributed by atoms with van der Waals surface area (Å²) in [5.41, 5.74) is 1.37. The number of carbonyl (C=O) groups excluding carboxylic acids is 1. The van der Waals surface area contributed by atoms with Crippen LogP contribution in [-0.4, -0.2) is 54.2 Å². The third kappa shape index (κ3) is 5.49. The molecule has 1 amide bonds. The van der Waals surface area contributed by atoms with Gasteiger partial charge in [0.2, 0.25) is 0 Å². The number of alkyl halides is 3. The van der Waals surface area contributed by atoms with Gasteiger partial charge in [0.05, 0.1) is 0 Å². The Bertz CT molecular complexity index is 694. The average molecular weight is 368 g/mol. The molecule has 2 aliphatic heterocycles. The minimum absolute atomic E-state index is 0.0361. The molecule has 1 aromatic rings. The van der Waals surface area contributed by atoms with Gasteiger partial charge >= 0.3 is 12.1 Å². The number of likely N-dealkylation sites (tertiary alicyclic amines) is 1. The predicted molar refractivity (Wildman–Crippen MR) is 88.1 cm³/mol. The van der Waals surface area contributed by atoms with Crippen LogP contribution in [0.25, 0.3) is 0 Å². The van der Waals surface area contributed by atoms with Crippen LogP contribution in [-0.2, 0) is 9.59 Å². The summed E-state index contributed by atoms with van der Waals surface area (Å²) in [5.74, 6) is 2.90. The van der Waals surface area contributed by atoms with E-state index in [-0.39, 0.29) is 5.91 Å². The predicted octanol–water partition coefficient (Wildman–Crippen LogP) is 1.88. The quantitative estimate of drug-likeness (QED) is 0.686. The lowest BCUT2D eigenvalue weighted by Gasteiger charge is -2.48. The van der Waals surface area contributed by atoms with E-state index in [0.29, 0.717) is 5.41 Å². The van der Waals surface area contributed by atoms with Gasteiger partial charge in [0.15, 0.2) is 0 Å². The fourth-order valence-corrected chi connectivity index (χ4v) is 2.74. The highest BCUT2D eigenvalue weighted by molar-refractivity contribution is 5.94. The van der Waals surface area contributed by atoms with Crippen LogP contribution in [0, 0.1) is 17.3 Å². The van der Waals surface area contributed by atoms with Crippen LogP contribution in [0.4, 0.5) is 13.2 Å². The van der Waals surface area contributed by atoms with Gasteiger partial charge in [0.25, 0.3) is 5.91 Å². The monoisotopic (exact) mass is 368 g/mol. The van der Waals surface area contributed by atoms with Gasteiger partial charge in [-0.25, -0.2) is 4.79 Å². The normalized spacial score (nSPS) is 17.9. The highest BCUT2D eigenvalue weighted by Crippen LogP contribution is 2.34. The SMILES string of the molecule is O=C(C#Cc1ccccc1)N1CCC2(CC1)CNC2.O=C(O)C(F)(F)F. The van der Waals surface area contributed by atoms with E-state index in [1.165, 1.54) is 0 Å². The van der Waals surface area contributed by atoms with Crippen LogP contribution < -0.4 is 5.32 Å². The van der Waals surface area contributed by atoms with E-state index >= 15 is 0 Å². The largest absolute Gasteiger partial charge is 0.490 e. The second kappa shape index (κ2) is 8.23. The zero-order valence-electron chi connectivity index (χ0n) is 14.0. The van der Waals surface area contributed by atoms with E-state index < -0.39 is 12.1 Å². The number of nitrogens with zero attached hydrogens (tertiary/aromatic N) is 1. The van der Waals surface area contributed by atoms with Crippen LogP contribution in [0.3, 0.4) is 0 Å². The molecule has 2 aliphatic rings. The number of benzene rings is 1. The van der Waals surface area contributed by atoms with Crippen molar-refractivity contribution < 1.29 is 27.9 Å². The molecular formula is C18H19F3N2O3. The maximum absolute atomic E-state index is 12.0. The number of aliphatic carboxylic acids is 1. The van der Waals surface area contributed by atoms with E-state index in [4.69, 9.17) is 9.90 Å². The van der Waals surface area contributed by atoms with Crippen LogP contribution in [0.15, 0.2) is 30.3 Å². The summed E-state index contributed by atoms with van der Waals surface area (Å²) in [7, 11) is 0. The smallest absolute Gasteiger partial charge is 0.475 e. The molecule has 2 saturated heterocycles. The second-order valence-electron chi connectivity index (χ2n) is 6.31. The molecule has 0 radical (unpaired) electrons. The van der Waals surface area contributed by atoms with Crippen LogP contribution >= 0.6 is 0 Å². The van der Waals surface area contributed by atoms with Gasteiger partial charge in [0.1, 0.15) is 0 Å². The summed E-state index contributed by atoms with van der Waals surface area (Å²) in [6, 6.07) is 9.66. The Labute approximate surface area is 149 Å². The van der Waals surface area contributed by atoms with E-state index in [1.54, 1.807) is 0 Å². The molecule has 2 fully saturated rings. The summed E-state index contributed by atoms with van der Waals surface area (Å²) < 4.78 is 31.7. The molecule has 2 N–H and O–H groups in total. The van der Waals surface area contributed by atoms with E-state index in [0.717, 1.165) is 44.6 Å². The highest BCUT2D eigenvalue weighted by Gasteiger charge is 2.40. The van der Waals surface area contributed by atoms with Crippen LogP contribution in [0.2, 0.25) is 0 Å². The Morgan fingerprint density at radius 3 is 2.08 bits per heavy atom.